The molecule has 11 heteroatoms. The van der Waals surface area contributed by atoms with Gasteiger partial charge < -0.3 is 25.0 Å². The van der Waals surface area contributed by atoms with Crippen molar-refractivity contribution in [1.82, 2.24) is 15.1 Å². The van der Waals surface area contributed by atoms with Crippen molar-refractivity contribution in [2.24, 2.45) is 11.8 Å². The quantitative estimate of drug-likeness (QED) is 0.484. The third-order valence-electron chi connectivity index (χ3n) is 8.77. The van der Waals surface area contributed by atoms with Crippen LogP contribution in [-0.4, -0.2) is 90.7 Å². The Morgan fingerprint density at radius 1 is 1.00 bits per heavy atom. The van der Waals surface area contributed by atoms with Gasteiger partial charge in [-0.1, -0.05) is 54.6 Å². The standard InChI is InChI=1S/C28H34Cl2N4O5/c29-17-14-18(30)16-20(15-17)32-25(35)22-21-6-7-28(39-21)23(22)27(37)34(9-8-33-10-12-38-13-11-33)24(28)26(36)31-19-4-2-1-3-5-19/h6-7,14-16,19,21-24H,1-5,8-13H2,(H,31,36)(H,32,35)/t21-,22-,23-,24-,28-/m1/s1. The van der Waals surface area contributed by atoms with Crippen LogP contribution in [0.25, 0.3) is 0 Å². The molecule has 5 atom stereocenters. The maximum atomic E-state index is 14.1. The number of ether oxygens (including phenoxy) is 2. The van der Waals surface area contributed by atoms with E-state index in [1.165, 1.54) is 6.42 Å². The van der Waals surface area contributed by atoms with Crippen molar-refractivity contribution in [3.05, 3.63) is 40.4 Å². The predicted molar refractivity (Wildman–Crippen MR) is 147 cm³/mol. The van der Waals surface area contributed by atoms with E-state index in [-0.39, 0.29) is 23.8 Å². The van der Waals surface area contributed by atoms with Crippen LogP contribution in [0.1, 0.15) is 32.1 Å². The third kappa shape index (κ3) is 5.08. The number of halogens is 2. The van der Waals surface area contributed by atoms with Gasteiger partial charge in [0.25, 0.3) is 0 Å². The summed E-state index contributed by atoms with van der Waals surface area (Å²) in [7, 11) is 0. The summed E-state index contributed by atoms with van der Waals surface area (Å²) in [6.07, 6.45) is 8.28. The average molecular weight is 578 g/mol. The maximum absolute atomic E-state index is 14.1. The summed E-state index contributed by atoms with van der Waals surface area (Å²) in [5, 5.41) is 6.88. The summed E-state index contributed by atoms with van der Waals surface area (Å²) in [6.45, 7) is 3.85. The van der Waals surface area contributed by atoms with Crippen LogP contribution in [0.3, 0.4) is 0 Å². The van der Waals surface area contributed by atoms with Crippen molar-refractivity contribution >= 4 is 46.6 Å². The van der Waals surface area contributed by atoms with Gasteiger partial charge in [-0.3, -0.25) is 19.3 Å². The second-order valence-electron chi connectivity index (χ2n) is 11.2. The zero-order valence-corrected chi connectivity index (χ0v) is 23.3. The highest BCUT2D eigenvalue weighted by atomic mass is 35.5. The van der Waals surface area contributed by atoms with Gasteiger partial charge in [-0.15, -0.1) is 0 Å². The molecule has 210 valence electrons. The Morgan fingerprint density at radius 3 is 2.44 bits per heavy atom. The number of anilines is 1. The van der Waals surface area contributed by atoms with E-state index in [9.17, 15) is 14.4 Å². The summed E-state index contributed by atoms with van der Waals surface area (Å²) in [5.74, 6) is -2.35. The Hall–Kier alpha value is -2.17. The summed E-state index contributed by atoms with van der Waals surface area (Å²) < 4.78 is 11.9. The van der Waals surface area contributed by atoms with Gasteiger partial charge in [-0.2, -0.15) is 0 Å². The summed E-state index contributed by atoms with van der Waals surface area (Å²) >= 11 is 12.3. The molecule has 39 heavy (non-hydrogen) atoms. The van der Waals surface area contributed by atoms with Crippen LogP contribution in [-0.2, 0) is 23.9 Å². The first-order valence-corrected chi connectivity index (χ1v) is 14.7. The average Bonchev–Trinajstić information content (AvgIpc) is 3.55. The summed E-state index contributed by atoms with van der Waals surface area (Å²) in [6, 6.07) is 4.05. The van der Waals surface area contributed by atoms with E-state index in [0.717, 1.165) is 38.8 Å². The minimum Gasteiger partial charge on any atom is -0.379 e. The number of hydrogen-bond acceptors (Lipinski definition) is 6. The fraction of sp³-hybridized carbons (Fsp3) is 0.607. The molecule has 5 aliphatic rings. The Morgan fingerprint density at radius 2 is 1.72 bits per heavy atom. The molecule has 4 aliphatic heterocycles. The molecule has 2 bridgehead atoms. The van der Waals surface area contributed by atoms with Crippen LogP contribution in [0.4, 0.5) is 5.69 Å². The first kappa shape index (κ1) is 27.0. The van der Waals surface area contributed by atoms with Crippen molar-refractivity contribution in [2.75, 3.05) is 44.7 Å². The smallest absolute Gasteiger partial charge is 0.246 e. The van der Waals surface area contributed by atoms with Crippen molar-refractivity contribution in [3.8, 4) is 0 Å². The van der Waals surface area contributed by atoms with E-state index in [4.69, 9.17) is 32.7 Å². The highest BCUT2D eigenvalue weighted by Crippen LogP contribution is 2.55. The van der Waals surface area contributed by atoms with Gasteiger partial charge in [0.1, 0.15) is 11.6 Å². The zero-order valence-electron chi connectivity index (χ0n) is 21.7. The van der Waals surface area contributed by atoms with Gasteiger partial charge in [-0.25, -0.2) is 0 Å². The van der Waals surface area contributed by atoms with Gasteiger partial charge in [0.05, 0.1) is 31.2 Å². The molecule has 9 nitrogen and oxygen atoms in total. The lowest BCUT2D eigenvalue weighted by molar-refractivity contribution is -0.141. The van der Waals surface area contributed by atoms with Crippen LogP contribution in [0.2, 0.25) is 10.0 Å². The molecule has 1 aromatic rings. The number of benzene rings is 1. The van der Waals surface area contributed by atoms with Crippen LogP contribution in [0.15, 0.2) is 30.4 Å². The molecule has 6 rings (SSSR count). The van der Waals surface area contributed by atoms with E-state index in [1.54, 1.807) is 23.1 Å². The fourth-order valence-corrected chi connectivity index (χ4v) is 7.49. The Bertz CT molecular complexity index is 1150. The van der Waals surface area contributed by atoms with Crippen molar-refractivity contribution in [1.29, 1.82) is 0 Å². The molecule has 1 saturated carbocycles. The molecular formula is C28H34Cl2N4O5. The largest absolute Gasteiger partial charge is 0.379 e. The molecule has 0 aromatic heterocycles. The molecule has 1 aromatic carbocycles. The Balaban J connectivity index is 1.27. The van der Waals surface area contributed by atoms with Crippen LogP contribution < -0.4 is 10.6 Å². The van der Waals surface area contributed by atoms with Crippen LogP contribution in [0, 0.1) is 11.8 Å². The van der Waals surface area contributed by atoms with E-state index < -0.39 is 29.6 Å². The minimum atomic E-state index is -1.18. The number of carbonyl (C=O) groups excluding carboxylic acids is 3. The lowest BCUT2D eigenvalue weighted by Crippen LogP contribution is -2.57. The number of likely N-dealkylation sites (tertiary alicyclic amines) is 1. The van der Waals surface area contributed by atoms with Crippen molar-refractivity contribution in [2.45, 2.75) is 55.9 Å². The number of nitrogens with zero attached hydrogens (tertiary/aromatic N) is 2. The van der Waals surface area contributed by atoms with Gasteiger partial charge in [0.2, 0.25) is 17.7 Å². The van der Waals surface area contributed by atoms with Crippen molar-refractivity contribution < 1.29 is 23.9 Å². The van der Waals surface area contributed by atoms with Crippen LogP contribution >= 0.6 is 23.2 Å². The third-order valence-corrected chi connectivity index (χ3v) is 9.20. The number of hydrogen-bond donors (Lipinski definition) is 2. The highest BCUT2D eigenvalue weighted by Gasteiger charge is 2.72. The molecule has 0 unspecified atom stereocenters. The number of fused-ring (bicyclic) bond motifs is 1. The van der Waals surface area contributed by atoms with Crippen molar-refractivity contribution in [3.63, 3.8) is 0 Å². The number of amides is 3. The number of morpholine rings is 1. The molecule has 4 fully saturated rings. The predicted octanol–water partition coefficient (Wildman–Crippen LogP) is 2.86. The second-order valence-corrected chi connectivity index (χ2v) is 12.1. The molecule has 4 heterocycles. The topological polar surface area (TPSA) is 100 Å². The lowest BCUT2D eigenvalue weighted by atomic mass is 9.74. The number of rotatable bonds is 7. The first-order chi connectivity index (χ1) is 18.9. The molecule has 3 amide bonds. The number of nitrogens with one attached hydrogen (secondary N) is 2. The Kier molecular flexibility index (Phi) is 7.63. The highest BCUT2D eigenvalue weighted by molar-refractivity contribution is 6.35. The van der Waals surface area contributed by atoms with E-state index >= 15 is 0 Å². The maximum Gasteiger partial charge on any atom is 0.246 e. The number of carbonyl (C=O) groups is 3. The molecular weight excluding hydrogens is 543 g/mol. The monoisotopic (exact) mass is 576 g/mol. The lowest BCUT2D eigenvalue weighted by Gasteiger charge is -2.35. The van der Waals surface area contributed by atoms with E-state index in [0.29, 0.717) is 42.0 Å². The van der Waals surface area contributed by atoms with Crippen LogP contribution in [0.5, 0.6) is 0 Å². The first-order valence-electron chi connectivity index (χ1n) is 13.9. The van der Waals surface area contributed by atoms with Gasteiger partial charge >= 0.3 is 0 Å². The summed E-state index contributed by atoms with van der Waals surface area (Å²) in [5.41, 5.74) is -0.737. The Labute approximate surface area is 238 Å². The van der Waals surface area contributed by atoms with Gasteiger partial charge in [0, 0.05) is 48.0 Å². The minimum absolute atomic E-state index is 0.0900. The molecule has 1 aliphatic carbocycles. The molecule has 2 N–H and O–H groups in total. The molecule has 0 radical (unpaired) electrons. The summed E-state index contributed by atoms with van der Waals surface area (Å²) in [4.78, 5) is 45.5. The van der Waals surface area contributed by atoms with E-state index in [1.807, 2.05) is 12.2 Å². The van der Waals surface area contributed by atoms with Gasteiger partial charge in [-0.05, 0) is 31.0 Å². The second kappa shape index (κ2) is 11.0. The zero-order chi connectivity index (χ0) is 27.1. The van der Waals surface area contributed by atoms with Gasteiger partial charge in [0.15, 0.2) is 0 Å². The SMILES string of the molecule is O=C(Nc1cc(Cl)cc(Cl)c1)[C@@H]1[C@H]2C=C[C@@]3(O2)[C@H]1C(=O)N(CCN1CCOCC1)[C@@H]3C(=O)NC1CCCCC1. The van der Waals surface area contributed by atoms with E-state index in [2.05, 4.69) is 15.5 Å². The molecule has 1 spiro atoms. The normalized spacial score (nSPS) is 32.5. The molecule has 3 saturated heterocycles. The fourth-order valence-electron chi connectivity index (χ4n) is 6.96.